The number of piperazine rings is 1. The van der Waals surface area contributed by atoms with E-state index in [1.165, 1.54) is 15.2 Å². The van der Waals surface area contributed by atoms with E-state index in [9.17, 15) is 13.2 Å². The minimum atomic E-state index is -3.96. The fourth-order valence-electron chi connectivity index (χ4n) is 3.65. The van der Waals surface area contributed by atoms with E-state index in [2.05, 4.69) is 15.3 Å². The van der Waals surface area contributed by atoms with Crippen LogP contribution in [0.25, 0.3) is 0 Å². The van der Waals surface area contributed by atoms with Crippen molar-refractivity contribution in [2.45, 2.75) is 5.03 Å². The average Bonchev–Trinajstić information content (AvgIpc) is 3.23. The van der Waals surface area contributed by atoms with Crippen LogP contribution in [-0.2, 0) is 17.1 Å². The molecule has 1 aliphatic rings. The van der Waals surface area contributed by atoms with Crippen LogP contribution in [0.5, 0.6) is 5.75 Å². The average molecular weight is 490 g/mol. The molecule has 1 N–H and O–H groups in total. The van der Waals surface area contributed by atoms with Crippen molar-refractivity contribution >= 4 is 38.9 Å². The minimum Gasteiger partial charge on any atom is -0.497 e. The molecular formula is C22H24ClN5O4S. The Hall–Kier alpha value is -3.08. The molecule has 0 radical (unpaired) electrons. The molecule has 11 heteroatoms. The number of methoxy groups -OCH3 is 1. The van der Waals surface area contributed by atoms with Gasteiger partial charge in [0.05, 0.1) is 12.7 Å². The molecule has 1 aromatic heterocycles. The molecular weight excluding hydrogens is 466 g/mol. The standard InChI is InChI=1S/C22H24ClN5O4S/c1-26-15-20(21(29)24-17-5-9-19(32-2)10-6-17)22(25-26)33(30,31)28-13-11-27(12-14-28)18-7-3-16(23)4-8-18/h3-10,15H,11-14H2,1-2H3,(H,24,29). The summed E-state index contributed by atoms with van der Waals surface area (Å²) in [7, 11) is -0.823. The van der Waals surface area contributed by atoms with Crippen molar-refractivity contribution in [1.82, 2.24) is 14.1 Å². The summed E-state index contributed by atoms with van der Waals surface area (Å²) in [5.74, 6) is 0.0991. The molecule has 3 aromatic rings. The molecule has 1 fully saturated rings. The summed E-state index contributed by atoms with van der Waals surface area (Å²) in [6.07, 6.45) is 1.41. The van der Waals surface area contributed by atoms with E-state index in [1.54, 1.807) is 38.4 Å². The molecule has 4 rings (SSSR count). The highest BCUT2D eigenvalue weighted by atomic mass is 35.5. The van der Waals surface area contributed by atoms with Crippen molar-refractivity contribution in [2.24, 2.45) is 7.05 Å². The number of amides is 1. The number of nitrogens with one attached hydrogen (secondary N) is 1. The number of aryl methyl sites for hydroxylation is 1. The Morgan fingerprint density at radius 1 is 1.03 bits per heavy atom. The molecule has 0 aliphatic carbocycles. The fraction of sp³-hybridized carbons (Fsp3) is 0.273. The Bertz CT molecular complexity index is 1230. The van der Waals surface area contributed by atoms with Gasteiger partial charge in [0.1, 0.15) is 5.75 Å². The van der Waals surface area contributed by atoms with E-state index in [0.717, 1.165) is 5.69 Å². The number of rotatable bonds is 6. The van der Waals surface area contributed by atoms with Gasteiger partial charge < -0.3 is 15.0 Å². The lowest BCUT2D eigenvalue weighted by molar-refractivity contribution is 0.102. The molecule has 33 heavy (non-hydrogen) atoms. The molecule has 2 heterocycles. The molecule has 1 amide bonds. The van der Waals surface area contributed by atoms with Gasteiger partial charge in [-0.25, -0.2) is 8.42 Å². The van der Waals surface area contributed by atoms with Crippen LogP contribution in [-0.4, -0.2) is 61.7 Å². The van der Waals surface area contributed by atoms with Gasteiger partial charge >= 0.3 is 0 Å². The molecule has 0 unspecified atom stereocenters. The van der Waals surface area contributed by atoms with E-state index in [0.29, 0.717) is 29.5 Å². The maximum Gasteiger partial charge on any atom is 0.263 e. The van der Waals surface area contributed by atoms with E-state index in [1.807, 2.05) is 24.3 Å². The Kier molecular flexibility index (Phi) is 6.59. The number of sulfonamides is 1. The molecule has 0 saturated carbocycles. The van der Waals surface area contributed by atoms with Crippen molar-refractivity contribution in [3.05, 3.63) is 65.3 Å². The number of carbonyl (C=O) groups excluding carboxylic acids is 1. The Labute approximate surface area is 197 Å². The zero-order valence-corrected chi connectivity index (χ0v) is 19.8. The van der Waals surface area contributed by atoms with Crippen LogP contribution in [0.3, 0.4) is 0 Å². The van der Waals surface area contributed by atoms with Gasteiger partial charge in [-0.2, -0.15) is 9.40 Å². The Morgan fingerprint density at radius 3 is 2.27 bits per heavy atom. The van der Waals surface area contributed by atoms with E-state index in [-0.39, 0.29) is 23.7 Å². The van der Waals surface area contributed by atoms with Crippen LogP contribution in [0.4, 0.5) is 11.4 Å². The topological polar surface area (TPSA) is 96.8 Å². The third kappa shape index (κ3) is 4.97. The SMILES string of the molecule is COc1ccc(NC(=O)c2cn(C)nc2S(=O)(=O)N2CCN(c3ccc(Cl)cc3)CC2)cc1. The smallest absolute Gasteiger partial charge is 0.263 e. The quantitative estimate of drug-likeness (QED) is 0.572. The lowest BCUT2D eigenvalue weighted by atomic mass is 10.2. The summed E-state index contributed by atoms with van der Waals surface area (Å²) in [6.45, 7) is 1.59. The fourth-order valence-corrected chi connectivity index (χ4v) is 5.32. The monoisotopic (exact) mass is 489 g/mol. The summed E-state index contributed by atoms with van der Waals surface area (Å²) < 4.78 is 34.5. The minimum absolute atomic E-state index is 0.00607. The second-order valence-electron chi connectivity index (χ2n) is 7.57. The number of carbonyl (C=O) groups is 1. The van der Waals surface area contributed by atoms with Crippen LogP contribution in [0.2, 0.25) is 5.02 Å². The van der Waals surface area contributed by atoms with Crippen LogP contribution in [0.1, 0.15) is 10.4 Å². The number of hydrogen-bond donors (Lipinski definition) is 1. The molecule has 0 spiro atoms. The zero-order valence-electron chi connectivity index (χ0n) is 18.2. The third-order valence-electron chi connectivity index (χ3n) is 5.40. The molecule has 0 atom stereocenters. The van der Waals surface area contributed by atoms with Crippen molar-refractivity contribution in [3.63, 3.8) is 0 Å². The van der Waals surface area contributed by atoms with E-state index >= 15 is 0 Å². The van der Waals surface area contributed by atoms with Crippen LogP contribution < -0.4 is 15.0 Å². The first kappa shape index (κ1) is 23.1. The second kappa shape index (κ2) is 9.42. The third-order valence-corrected chi connectivity index (χ3v) is 7.49. The van der Waals surface area contributed by atoms with Gasteiger partial charge in [-0.3, -0.25) is 9.48 Å². The maximum atomic E-state index is 13.4. The molecule has 0 bridgehead atoms. The van der Waals surface area contributed by atoms with Gasteiger partial charge in [0, 0.05) is 55.8 Å². The number of anilines is 2. The van der Waals surface area contributed by atoms with Crippen LogP contribution in [0, 0.1) is 0 Å². The van der Waals surface area contributed by atoms with Gasteiger partial charge in [0.2, 0.25) is 5.03 Å². The summed E-state index contributed by atoms with van der Waals surface area (Å²) in [5.41, 5.74) is 1.49. The van der Waals surface area contributed by atoms with Crippen LogP contribution >= 0.6 is 11.6 Å². The predicted octanol–water partition coefficient (Wildman–Crippen LogP) is 2.85. The Morgan fingerprint density at radius 2 is 1.67 bits per heavy atom. The molecule has 9 nitrogen and oxygen atoms in total. The van der Waals surface area contributed by atoms with Gasteiger partial charge in [-0.05, 0) is 48.5 Å². The first-order valence-electron chi connectivity index (χ1n) is 10.3. The highest BCUT2D eigenvalue weighted by Crippen LogP contribution is 2.24. The zero-order chi connectivity index (χ0) is 23.6. The lowest BCUT2D eigenvalue weighted by Gasteiger charge is -2.35. The molecule has 2 aromatic carbocycles. The lowest BCUT2D eigenvalue weighted by Crippen LogP contribution is -2.49. The highest BCUT2D eigenvalue weighted by Gasteiger charge is 2.34. The summed E-state index contributed by atoms with van der Waals surface area (Å²) in [6, 6.07) is 14.2. The summed E-state index contributed by atoms with van der Waals surface area (Å²) >= 11 is 5.96. The van der Waals surface area contributed by atoms with E-state index < -0.39 is 15.9 Å². The summed E-state index contributed by atoms with van der Waals surface area (Å²) in [5, 5.41) is 7.23. The number of halogens is 1. The number of hydrogen-bond acceptors (Lipinski definition) is 6. The summed E-state index contributed by atoms with van der Waals surface area (Å²) in [4.78, 5) is 15.0. The van der Waals surface area contributed by atoms with Gasteiger partial charge in [0.25, 0.3) is 15.9 Å². The van der Waals surface area contributed by atoms with Gasteiger partial charge in [-0.1, -0.05) is 11.6 Å². The number of aromatic nitrogens is 2. The molecule has 1 saturated heterocycles. The molecule has 174 valence electrons. The van der Waals surface area contributed by atoms with Crippen molar-refractivity contribution < 1.29 is 17.9 Å². The van der Waals surface area contributed by atoms with Crippen molar-refractivity contribution in [2.75, 3.05) is 43.5 Å². The van der Waals surface area contributed by atoms with Crippen molar-refractivity contribution in [1.29, 1.82) is 0 Å². The highest BCUT2D eigenvalue weighted by molar-refractivity contribution is 7.89. The Balaban J connectivity index is 1.50. The van der Waals surface area contributed by atoms with Crippen molar-refractivity contribution in [3.8, 4) is 5.75 Å². The maximum absolute atomic E-state index is 13.4. The number of nitrogens with zero attached hydrogens (tertiary/aromatic N) is 4. The van der Waals surface area contributed by atoms with Gasteiger partial charge in [-0.15, -0.1) is 0 Å². The largest absolute Gasteiger partial charge is 0.497 e. The predicted molar refractivity (Wildman–Crippen MR) is 127 cm³/mol. The molecule has 1 aliphatic heterocycles. The van der Waals surface area contributed by atoms with Gasteiger partial charge in [0.15, 0.2) is 0 Å². The first-order valence-corrected chi connectivity index (χ1v) is 12.1. The first-order chi connectivity index (χ1) is 15.8. The number of benzene rings is 2. The number of ether oxygens (including phenoxy) is 1. The second-order valence-corrected chi connectivity index (χ2v) is 9.86. The normalized spacial score (nSPS) is 14.8. The van der Waals surface area contributed by atoms with Crippen LogP contribution in [0.15, 0.2) is 59.8 Å². The van der Waals surface area contributed by atoms with E-state index in [4.69, 9.17) is 16.3 Å².